The molecule has 0 aromatic carbocycles. The Kier molecular flexibility index (Phi) is 5.42. The number of hydrogen-bond acceptors (Lipinski definition) is 4. The highest BCUT2D eigenvalue weighted by Crippen LogP contribution is 2.24. The molecule has 0 saturated carbocycles. The van der Waals surface area contributed by atoms with E-state index in [1.54, 1.807) is 0 Å². The number of rotatable bonds is 6. The van der Waals surface area contributed by atoms with Crippen molar-refractivity contribution >= 4 is 5.97 Å². The van der Waals surface area contributed by atoms with Crippen molar-refractivity contribution in [1.29, 1.82) is 0 Å². The number of carbonyl (C=O) groups is 1. The molecule has 82 valence electrons. The number of unbranched alkanes of at least 4 members (excludes halogenated alkanes) is 1. The minimum Gasteiger partial charge on any atom is -0.467 e. The molecule has 4 nitrogen and oxygen atoms in total. The minimum atomic E-state index is -1.44. The second kappa shape index (κ2) is 5.78. The van der Waals surface area contributed by atoms with Crippen LogP contribution >= 0.6 is 0 Å². The number of methoxy groups -OCH3 is 1. The SMILES string of the molecule is C=C(CCCC)C(C)(OO)C(=O)OC. The van der Waals surface area contributed by atoms with E-state index in [1.807, 2.05) is 6.92 Å². The molecular weight excluding hydrogens is 184 g/mol. The fraction of sp³-hybridized carbons (Fsp3) is 0.700. The normalized spacial score (nSPS) is 14.6. The van der Waals surface area contributed by atoms with Crippen LogP contribution in [0.2, 0.25) is 0 Å². The van der Waals surface area contributed by atoms with Crippen molar-refractivity contribution in [2.45, 2.75) is 38.7 Å². The van der Waals surface area contributed by atoms with Crippen molar-refractivity contribution in [2.24, 2.45) is 0 Å². The molecule has 0 spiro atoms. The van der Waals surface area contributed by atoms with Crippen LogP contribution in [0.3, 0.4) is 0 Å². The van der Waals surface area contributed by atoms with E-state index in [9.17, 15) is 4.79 Å². The summed E-state index contributed by atoms with van der Waals surface area (Å²) in [6.45, 7) is 7.19. The zero-order chi connectivity index (χ0) is 11.2. The van der Waals surface area contributed by atoms with E-state index in [0.717, 1.165) is 12.8 Å². The van der Waals surface area contributed by atoms with Gasteiger partial charge in [0.1, 0.15) is 0 Å². The molecule has 0 aromatic heterocycles. The second-order valence-corrected chi connectivity index (χ2v) is 3.32. The first kappa shape index (κ1) is 13.1. The highest BCUT2D eigenvalue weighted by Gasteiger charge is 2.39. The summed E-state index contributed by atoms with van der Waals surface area (Å²) in [5.74, 6) is -0.638. The number of esters is 1. The zero-order valence-corrected chi connectivity index (χ0v) is 9.00. The van der Waals surface area contributed by atoms with Gasteiger partial charge in [0.15, 0.2) is 0 Å². The predicted octanol–water partition coefficient (Wildman–Crippen LogP) is 2.15. The van der Waals surface area contributed by atoms with Gasteiger partial charge in [0, 0.05) is 0 Å². The molecule has 0 aliphatic heterocycles. The lowest BCUT2D eigenvalue weighted by Gasteiger charge is -2.25. The van der Waals surface area contributed by atoms with E-state index in [4.69, 9.17) is 5.26 Å². The van der Waals surface area contributed by atoms with Crippen molar-refractivity contribution in [1.82, 2.24) is 0 Å². The van der Waals surface area contributed by atoms with Crippen LogP contribution in [0.25, 0.3) is 0 Å². The molecule has 14 heavy (non-hydrogen) atoms. The highest BCUT2D eigenvalue weighted by atomic mass is 17.1. The quantitative estimate of drug-likeness (QED) is 0.310. The maximum absolute atomic E-state index is 11.3. The first-order valence-corrected chi connectivity index (χ1v) is 4.62. The first-order valence-electron chi connectivity index (χ1n) is 4.62. The van der Waals surface area contributed by atoms with Crippen molar-refractivity contribution in [3.8, 4) is 0 Å². The molecule has 0 radical (unpaired) electrons. The Hall–Kier alpha value is -0.870. The van der Waals surface area contributed by atoms with Crippen LogP contribution in [0.4, 0.5) is 0 Å². The van der Waals surface area contributed by atoms with Crippen LogP contribution < -0.4 is 0 Å². The summed E-state index contributed by atoms with van der Waals surface area (Å²) >= 11 is 0. The third-order valence-electron chi connectivity index (χ3n) is 2.26. The molecule has 4 heteroatoms. The van der Waals surface area contributed by atoms with Gasteiger partial charge in [-0.05, 0) is 25.3 Å². The van der Waals surface area contributed by atoms with E-state index in [1.165, 1.54) is 14.0 Å². The van der Waals surface area contributed by atoms with E-state index in [-0.39, 0.29) is 0 Å². The molecular formula is C10H18O4. The number of carbonyl (C=O) groups excluding carboxylic acids is 1. The van der Waals surface area contributed by atoms with Gasteiger partial charge in [-0.2, -0.15) is 0 Å². The van der Waals surface area contributed by atoms with Crippen LogP contribution in [-0.2, 0) is 14.4 Å². The van der Waals surface area contributed by atoms with Crippen molar-refractivity contribution in [3.05, 3.63) is 12.2 Å². The van der Waals surface area contributed by atoms with E-state index in [0.29, 0.717) is 12.0 Å². The Morgan fingerprint density at radius 2 is 2.14 bits per heavy atom. The van der Waals surface area contributed by atoms with Crippen LogP contribution in [-0.4, -0.2) is 23.9 Å². The largest absolute Gasteiger partial charge is 0.467 e. The summed E-state index contributed by atoms with van der Waals surface area (Å²) in [7, 11) is 1.24. The molecule has 0 bridgehead atoms. The lowest BCUT2D eigenvalue weighted by Crippen LogP contribution is -2.40. The van der Waals surface area contributed by atoms with Gasteiger partial charge in [-0.3, -0.25) is 5.26 Å². The molecule has 0 saturated heterocycles. The standard InChI is InChI=1S/C10H18O4/c1-5-6-7-8(2)10(3,14-12)9(11)13-4/h12H,2,5-7H2,1,3-4H3. The van der Waals surface area contributed by atoms with Crippen LogP contribution in [0.15, 0.2) is 12.2 Å². The molecule has 0 amide bonds. The average molecular weight is 202 g/mol. The first-order chi connectivity index (χ1) is 6.52. The number of ether oxygens (including phenoxy) is 1. The van der Waals surface area contributed by atoms with Gasteiger partial charge in [0.05, 0.1) is 7.11 Å². The van der Waals surface area contributed by atoms with Crippen molar-refractivity contribution < 1.29 is 19.7 Å². The zero-order valence-electron chi connectivity index (χ0n) is 9.00. The fourth-order valence-corrected chi connectivity index (χ4v) is 1.07. The smallest absolute Gasteiger partial charge is 0.345 e. The molecule has 0 rings (SSSR count). The lowest BCUT2D eigenvalue weighted by molar-refractivity contribution is -0.302. The molecule has 0 heterocycles. The third kappa shape index (κ3) is 2.82. The molecule has 0 aliphatic rings. The van der Waals surface area contributed by atoms with Crippen molar-refractivity contribution in [3.63, 3.8) is 0 Å². The maximum atomic E-state index is 11.3. The van der Waals surface area contributed by atoms with E-state index in [2.05, 4.69) is 16.2 Å². The topological polar surface area (TPSA) is 55.8 Å². The summed E-state index contributed by atoms with van der Waals surface area (Å²) in [4.78, 5) is 15.5. The minimum absolute atomic E-state index is 0.522. The molecule has 0 aliphatic carbocycles. The molecule has 0 fully saturated rings. The molecule has 0 aromatic rings. The Morgan fingerprint density at radius 1 is 1.57 bits per heavy atom. The summed E-state index contributed by atoms with van der Waals surface area (Å²) in [6, 6.07) is 0. The molecule has 1 unspecified atom stereocenters. The monoisotopic (exact) mass is 202 g/mol. The second-order valence-electron chi connectivity index (χ2n) is 3.32. The Balaban J connectivity index is 4.51. The van der Waals surface area contributed by atoms with Crippen LogP contribution in [0, 0.1) is 0 Å². The Morgan fingerprint density at radius 3 is 2.50 bits per heavy atom. The average Bonchev–Trinajstić information content (AvgIpc) is 2.23. The highest BCUT2D eigenvalue weighted by molar-refractivity contribution is 5.82. The Labute approximate surface area is 84.4 Å². The summed E-state index contributed by atoms with van der Waals surface area (Å²) < 4.78 is 4.52. The van der Waals surface area contributed by atoms with Crippen LogP contribution in [0.1, 0.15) is 33.1 Å². The predicted molar refractivity (Wildman–Crippen MR) is 52.8 cm³/mol. The third-order valence-corrected chi connectivity index (χ3v) is 2.26. The van der Waals surface area contributed by atoms with Gasteiger partial charge in [0.25, 0.3) is 0 Å². The number of hydrogen-bond donors (Lipinski definition) is 1. The van der Waals surface area contributed by atoms with Gasteiger partial charge in [-0.1, -0.05) is 19.9 Å². The van der Waals surface area contributed by atoms with E-state index < -0.39 is 11.6 Å². The molecule has 1 atom stereocenters. The summed E-state index contributed by atoms with van der Waals surface area (Å²) in [5, 5.41) is 8.69. The van der Waals surface area contributed by atoms with Gasteiger partial charge in [-0.25, -0.2) is 9.68 Å². The summed E-state index contributed by atoms with van der Waals surface area (Å²) in [6.07, 6.45) is 2.51. The van der Waals surface area contributed by atoms with Gasteiger partial charge in [-0.15, -0.1) is 0 Å². The van der Waals surface area contributed by atoms with Gasteiger partial charge in [0.2, 0.25) is 5.60 Å². The summed E-state index contributed by atoms with van der Waals surface area (Å²) in [5.41, 5.74) is -0.919. The van der Waals surface area contributed by atoms with Crippen molar-refractivity contribution in [2.75, 3.05) is 7.11 Å². The molecule has 1 N–H and O–H groups in total. The lowest BCUT2D eigenvalue weighted by atomic mass is 9.93. The Bertz CT molecular complexity index is 212. The van der Waals surface area contributed by atoms with Crippen LogP contribution in [0.5, 0.6) is 0 Å². The van der Waals surface area contributed by atoms with Gasteiger partial charge < -0.3 is 4.74 Å². The maximum Gasteiger partial charge on any atom is 0.345 e. The fourth-order valence-electron chi connectivity index (χ4n) is 1.07. The van der Waals surface area contributed by atoms with Gasteiger partial charge >= 0.3 is 5.97 Å². The van der Waals surface area contributed by atoms with E-state index >= 15 is 0 Å².